The van der Waals surface area contributed by atoms with E-state index in [9.17, 15) is 9.59 Å². The second kappa shape index (κ2) is 11.6. The second-order valence-electron chi connectivity index (χ2n) is 10.6. The number of ether oxygens (including phenoxy) is 2. The lowest BCUT2D eigenvalue weighted by molar-refractivity contribution is -0.118. The summed E-state index contributed by atoms with van der Waals surface area (Å²) in [5.41, 5.74) is 2.16. The van der Waals surface area contributed by atoms with Crippen molar-refractivity contribution in [3.8, 4) is 16.5 Å². The number of aromatic nitrogens is 1. The topological polar surface area (TPSA) is 85.1 Å². The first kappa shape index (κ1) is 27.6. The molecule has 9 heteroatoms. The third kappa shape index (κ3) is 5.53. The largest absolute Gasteiger partial charge is 0.496 e. The Hall–Kier alpha value is -3.01. The predicted molar refractivity (Wildman–Crippen MR) is 152 cm³/mol. The van der Waals surface area contributed by atoms with Gasteiger partial charge in [0.1, 0.15) is 23.1 Å². The lowest BCUT2D eigenvalue weighted by Crippen LogP contribution is -2.52. The second-order valence-corrected chi connectivity index (χ2v) is 11.6. The monoisotopic (exact) mass is 551 g/mol. The molecule has 2 aromatic heterocycles. The zero-order valence-corrected chi connectivity index (χ0v) is 24.1. The Balaban J connectivity index is 1.52. The molecule has 3 unspecified atom stereocenters. The van der Waals surface area contributed by atoms with Crippen molar-refractivity contribution in [3.63, 3.8) is 0 Å². The standard InChI is InChI=1S/C30H37N3O5S/c1-18-27(19(2)34)30(39-28(18)29-31-13-14-37-29)33(20(3)35)17-26(24-11-6-7-12-25(24)36-5)38-23-15-21-9-8-10-22(16-23)32(21)4/h6-7,11-14,21-23,26H,8-10,15-17H2,1-5H3. The number of benzene rings is 1. The Morgan fingerprint density at radius 2 is 1.92 bits per heavy atom. The van der Waals surface area contributed by atoms with Gasteiger partial charge in [-0.15, -0.1) is 11.3 Å². The highest BCUT2D eigenvalue weighted by Crippen LogP contribution is 2.43. The summed E-state index contributed by atoms with van der Waals surface area (Å²) in [6.07, 6.45) is 8.27. The molecule has 0 saturated carbocycles. The number of amides is 1. The Morgan fingerprint density at radius 1 is 1.21 bits per heavy atom. The molecule has 0 N–H and O–H groups in total. The lowest BCUT2D eigenvalue weighted by Gasteiger charge is -2.47. The number of nitrogens with zero attached hydrogens (tertiary/aromatic N) is 3. The molecule has 3 aromatic rings. The molecule has 5 rings (SSSR count). The van der Waals surface area contributed by atoms with Gasteiger partial charge in [-0.05, 0) is 58.2 Å². The van der Waals surface area contributed by atoms with Crippen LogP contribution in [0.2, 0.25) is 0 Å². The first-order chi connectivity index (χ1) is 18.8. The van der Waals surface area contributed by atoms with Crippen molar-refractivity contribution in [2.24, 2.45) is 0 Å². The van der Waals surface area contributed by atoms with Crippen LogP contribution in [0.15, 0.2) is 41.1 Å². The van der Waals surface area contributed by atoms with E-state index in [1.54, 1.807) is 18.2 Å². The summed E-state index contributed by atoms with van der Waals surface area (Å²) < 4.78 is 18.2. The van der Waals surface area contributed by atoms with Crippen molar-refractivity contribution in [1.29, 1.82) is 0 Å². The molecular weight excluding hydrogens is 514 g/mol. The molecule has 2 saturated heterocycles. The van der Waals surface area contributed by atoms with Crippen molar-refractivity contribution in [1.82, 2.24) is 9.88 Å². The highest BCUT2D eigenvalue weighted by Gasteiger charge is 2.38. The fourth-order valence-corrected chi connectivity index (χ4v) is 7.57. The van der Waals surface area contributed by atoms with E-state index in [0.717, 1.165) is 28.8 Å². The smallest absolute Gasteiger partial charge is 0.236 e. The van der Waals surface area contributed by atoms with Gasteiger partial charge in [0.25, 0.3) is 0 Å². The van der Waals surface area contributed by atoms with Gasteiger partial charge in [0.2, 0.25) is 11.8 Å². The number of hydrogen-bond donors (Lipinski definition) is 0. The Labute approximate surface area is 233 Å². The molecule has 1 amide bonds. The summed E-state index contributed by atoms with van der Waals surface area (Å²) in [4.78, 5) is 35.3. The van der Waals surface area contributed by atoms with Crippen LogP contribution in [0.4, 0.5) is 5.00 Å². The summed E-state index contributed by atoms with van der Waals surface area (Å²) >= 11 is 1.35. The number of ketones is 1. The van der Waals surface area contributed by atoms with Crippen LogP contribution in [0.25, 0.3) is 10.8 Å². The molecule has 0 radical (unpaired) electrons. The number of anilines is 1. The number of carbonyl (C=O) groups is 2. The molecule has 3 atom stereocenters. The molecule has 2 fully saturated rings. The molecule has 0 spiro atoms. The highest BCUT2D eigenvalue weighted by atomic mass is 32.1. The Kier molecular flexibility index (Phi) is 8.21. The van der Waals surface area contributed by atoms with E-state index in [-0.39, 0.29) is 24.3 Å². The highest BCUT2D eigenvalue weighted by molar-refractivity contribution is 7.20. The van der Waals surface area contributed by atoms with Gasteiger partial charge in [-0.25, -0.2) is 4.98 Å². The van der Waals surface area contributed by atoms with Crippen molar-refractivity contribution in [2.75, 3.05) is 25.6 Å². The summed E-state index contributed by atoms with van der Waals surface area (Å²) in [5, 5.41) is 0.587. The number of para-hydroxylation sites is 1. The number of methoxy groups -OCH3 is 1. The minimum Gasteiger partial charge on any atom is -0.496 e. The summed E-state index contributed by atoms with van der Waals surface area (Å²) in [5.74, 6) is 0.876. The van der Waals surface area contributed by atoms with E-state index in [2.05, 4.69) is 16.9 Å². The number of thiophene rings is 1. The van der Waals surface area contributed by atoms with E-state index < -0.39 is 6.10 Å². The minimum atomic E-state index is -0.438. The fourth-order valence-electron chi connectivity index (χ4n) is 6.22. The summed E-state index contributed by atoms with van der Waals surface area (Å²) in [6, 6.07) is 8.84. The molecule has 0 aliphatic carbocycles. The van der Waals surface area contributed by atoms with Crippen LogP contribution in [0.3, 0.4) is 0 Å². The van der Waals surface area contributed by atoms with E-state index in [1.165, 1.54) is 50.7 Å². The predicted octanol–water partition coefficient (Wildman–Crippen LogP) is 6.05. The third-order valence-electron chi connectivity index (χ3n) is 8.22. The number of piperidine rings is 2. The van der Waals surface area contributed by atoms with Crippen LogP contribution >= 0.6 is 11.3 Å². The Morgan fingerprint density at radius 3 is 2.54 bits per heavy atom. The van der Waals surface area contributed by atoms with Crippen molar-refractivity contribution < 1.29 is 23.5 Å². The maximum Gasteiger partial charge on any atom is 0.236 e. The fraction of sp³-hybridized carbons (Fsp3) is 0.500. The zero-order chi connectivity index (χ0) is 27.7. The lowest BCUT2D eigenvalue weighted by atomic mass is 9.83. The van der Waals surface area contributed by atoms with Crippen molar-refractivity contribution in [3.05, 3.63) is 53.4 Å². The number of carbonyl (C=O) groups excluding carboxylic acids is 2. The molecule has 39 heavy (non-hydrogen) atoms. The molecular formula is C30H37N3O5S. The van der Waals surface area contributed by atoms with E-state index in [4.69, 9.17) is 13.9 Å². The summed E-state index contributed by atoms with van der Waals surface area (Å²) in [7, 11) is 3.88. The third-order valence-corrected chi connectivity index (χ3v) is 9.52. The minimum absolute atomic E-state index is 0.0699. The number of Topliss-reactive ketones (excluding diaryl/α,β-unsaturated/α-hetero) is 1. The van der Waals surface area contributed by atoms with Gasteiger partial charge >= 0.3 is 0 Å². The Bertz CT molecular complexity index is 1310. The average molecular weight is 552 g/mol. The first-order valence-electron chi connectivity index (χ1n) is 13.6. The van der Waals surface area contributed by atoms with Crippen LogP contribution in [0.1, 0.15) is 73.5 Å². The van der Waals surface area contributed by atoms with E-state index in [1.807, 2.05) is 31.2 Å². The van der Waals surface area contributed by atoms with Gasteiger partial charge in [-0.3, -0.25) is 9.59 Å². The van der Waals surface area contributed by atoms with Gasteiger partial charge in [-0.2, -0.15) is 0 Å². The van der Waals surface area contributed by atoms with Gasteiger partial charge in [0.15, 0.2) is 5.78 Å². The van der Waals surface area contributed by atoms with E-state index >= 15 is 0 Å². The van der Waals surface area contributed by atoms with Gasteiger partial charge in [0, 0.05) is 24.6 Å². The SMILES string of the molecule is COc1ccccc1C(CN(C(C)=O)c1sc(-c2ncco2)c(C)c1C(C)=O)OC1CC2CCCC(C1)N2C. The summed E-state index contributed by atoms with van der Waals surface area (Å²) in [6.45, 7) is 5.19. The van der Waals surface area contributed by atoms with Crippen LogP contribution in [-0.2, 0) is 9.53 Å². The maximum atomic E-state index is 13.2. The van der Waals surface area contributed by atoms with Gasteiger partial charge < -0.3 is 23.7 Å². The molecule has 2 bridgehead atoms. The first-order valence-corrected chi connectivity index (χ1v) is 14.4. The van der Waals surface area contributed by atoms with Crippen LogP contribution < -0.4 is 9.64 Å². The number of oxazole rings is 1. The van der Waals surface area contributed by atoms with E-state index in [0.29, 0.717) is 34.3 Å². The molecule has 4 heterocycles. The van der Waals surface area contributed by atoms with Crippen LogP contribution in [0, 0.1) is 6.92 Å². The van der Waals surface area contributed by atoms with Crippen LogP contribution in [0.5, 0.6) is 5.75 Å². The number of hydrogen-bond acceptors (Lipinski definition) is 8. The van der Waals surface area contributed by atoms with Crippen LogP contribution in [-0.4, -0.2) is 60.5 Å². The molecule has 2 aliphatic heterocycles. The van der Waals surface area contributed by atoms with Crippen molar-refractivity contribution in [2.45, 2.75) is 77.2 Å². The van der Waals surface area contributed by atoms with Gasteiger partial charge in [-0.1, -0.05) is 24.6 Å². The normalized spacial score (nSPS) is 21.9. The molecule has 8 nitrogen and oxygen atoms in total. The number of rotatable bonds is 9. The molecule has 208 valence electrons. The molecule has 2 aliphatic rings. The maximum absolute atomic E-state index is 13.2. The average Bonchev–Trinajstić information content (AvgIpc) is 3.54. The zero-order valence-electron chi connectivity index (χ0n) is 23.3. The quantitative estimate of drug-likeness (QED) is 0.299. The van der Waals surface area contributed by atoms with Gasteiger partial charge in [0.05, 0.1) is 36.4 Å². The molecule has 1 aromatic carbocycles. The van der Waals surface area contributed by atoms with Crippen molar-refractivity contribution >= 4 is 28.0 Å². The number of fused-ring (bicyclic) bond motifs is 2.